The Morgan fingerprint density at radius 3 is 1.73 bits per heavy atom. The van der Waals surface area contributed by atoms with Crippen molar-refractivity contribution < 1.29 is 55.5 Å². The fraction of sp³-hybridized carbons (Fsp3) is 0.900. The first kappa shape index (κ1) is 24.9. The molecule has 92 valence electrons. The minimum Gasteiger partial charge on any atom is -1.00 e. The van der Waals surface area contributed by atoms with Crippen molar-refractivity contribution in [3.63, 3.8) is 0 Å². The molecule has 1 N–H and O–H groups in total. The Morgan fingerprint density at radius 1 is 0.933 bits per heavy atom. The summed E-state index contributed by atoms with van der Waals surface area (Å²) in [6, 6.07) is 0. The molecular weight excluding hydrogens is 400 g/mol. The van der Waals surface area contributed by atoms with Crippen LogP contribution in [-0.2, 0) is 30.6 Å². The Bertz CT molecular complexity index is 126. The van der Waals surface area contributed by atoms with E-state index in [2.05, 4.69) is 6.92 Å². The summed E-state index contributed by atoms with van der Waals surface area (Å²) in [5.74, 6) is -0.413. The minimum absolute atomic E-state index is 0. The van der Waals surface area contributed by atoms with Gasteiger partial charge in [-0.1, -0.05) is 45.4 Å². The van der Waals surface area contributed by atoms with Crippen LogP contribution in [0.5, 0.6) is 0 Å². The third-order valence-corrected chi connectivity index (χ3v) is 2.01. The molecular formula is C10H20Cl2HfNO-3. The molecule has 0 aromatic heterocycles. The van der Waals surface area contributed by atoms with E-state index in [1.807, 2.05) is 0 Å². The van der Waals surface area contributed by atoms with E-state index in [0.717, 1.165) is 12.8 Å². The second-order valence-corrected chi connectivity index (χ2v) is 3.29. The summed E-state index contributed by atoms with van der Waals surface area (Å²) < 4.78 is 0. The van der Waals surface area contributed by atoms with Gasteiger partial charge in [-0.3, -0.25) is 0 Å². The van der Waals surface area contributed by atoms with Gasteiger partial charge in [0, 0.05) is 31.8 Å². The first-order valence-electron chi connectivity index (χ1n) is 5.01. The molecule has 0 spiro atoms. The number of hydrogen-bond acceptors (Lipinski definition) is 1. The molecule has 2 nitrogen and oxygen atoms in total. The summed E-state index contributed by atoms with van der Waals surface area (Å²) in [5.41, 5.74) is 6.69. The fourth-order valence-corrected chi connectivity index (χ4v) is 1.24. The van der Waals surface area contributed by atoms with Gasteiger partial charge < -0.3 is 35.3 Å². The van der Waals surface area contributed by atoms with Crippen LogP contribution in [0.2, 0.25) is 0 Å². The van der Waals surface area contributed by atoms with Gasteiger partial charge in [-0.2, -0.15) is 0 Å². The largest absolute Gasteiger partial charge is 1.00 e. The molecule has 0 unspecified atom stereocenters. The quantitative estimate of drug-likeness (QED) is 0.323. The second kappa shape index (κ2) is 20.3. The Labute approximate surface area is 125 Å². The van der Waals surface area contributed by atoms with E-state index >= 15 is 0 Å². The van der Waals surface area contributed by atoms with Crippen LogP contribution in [0.1, 0.15) is 58.3 Å². The molecule has 0 aromatic carbocycles. The van der Waals surface area contributed by atoms with Crippen LogP contribution >= 0.6 is 0 Å². The number of nitrogens with one attached hydrogen (secondary N) is 1. The standard InChI is InChI=1S/C10H21NO.2ClH.Hf/c1-2-3-4-5-6-7-8-9-10(11)12;;;/h2-9H2,1H3,(H2,11,12);2*1H;/p-3. The van der Waals surface area contributed by atoms with Crippen LogP contribution in [0.15, 0.2) is 0 Å². The van der Waals surface area contributed by atoms with Gasteiger partial charge in [0.15, 0.2) is 0 Å². The molecule has 5 heteroatoms. The molecule has 0 heterocycles. The Balaban J connectivity index is -0.000000202. The smallest absolute Gasteiger partial charge is 0.0487 e. The fourth-order valence-electron chi connectivity index (χ4n) is 1.24. The number of carbonyl (C=O) groups excluding carboxylic acids is 1. The number of halogens is 2. The van der Waals surface area contributed by atoms with E-state index in [0.29, 0.717) is 6.42 Å². The predicted molar refractivity (Wildman–Crippen MR) is 51.9 cm³/mol. The van der Waals surface area contributed by atoms with Crippen molar-refractivity contribution in [3.05, 3.63) is 5.73 Å². The molecule has 0 aliphatic heterocycles. The molecule has 0 aliphatic carbocycles. The molecule has 0 saturated heterocycles. The van der Waals surface area contributed by atoms with Gasteiger partial charge in [0.05, 0.1) is 0 Å². The van der Waals surface area contributed by atoms with Crippen molar-refractivity contribution in [1.82, 2.24) is 0 Å². The monoisotopic (exact) mass is 420 g/mol. The van der Waals surface area contributed by atoms with Crippen LogP contribution in [-0.4, -0.2) is 5.91 Å². The number of carbonyl (C=O) groups is 1. The van der Waals surface area contributed by atoms with Gasteiger partial charge in [0.25, 0.3) is 0 Å². The van der Waals surface area contributed by atoms with Gasteiger partial charge in [-0.25, -0.2) is 0 Å². The number of unbranched alkanes of at least 4 members (excludes halogenated alkanes) is 6. The first-order valence-corrected chi connectivity index (χ1v) is 5.01. The van der Waals surface area contributed by atoms with Crippen LogP contribution in [0.3, 0.4) is 0 Å². The van der Waals surface area contributed by atoms with Crippen molar-refractivity contribution in [3.8, 4) is 0 Å². The van der Waals surface area contributed by atoms with Crippen molar-refractivity contribution >= 4 is 5.91 Å². The van der Waals surface area contributed by atoms with E-state index in [1.54, 1.807) is 0 Å². The summed E-state index contributed by atoms with van der Waals surface area (Å²) >= 11 is 0. The third kappa shape index (κ3) is 25.3. The number of rotatable bonds is 8. The Hall–Kier alpha value is 0.920. The maximum atomic E-state index is 10.2. The van der Waals surface area contributed by atoms with Crippen molar-refractivity contribution in [1.29, 1.82) is 0 Å². The van der Waals surface area contributed by atoms with Crippen LogP contribution in [0, 0.1) is 0 Å². The summed E-state index contributed by atoms with van der Waals surface area (Å²) in [7, 11) is 0. The topological polar surface area (TPSA) is 40.9 Å². The number of amides is 1. The maximum absolute atomic E-state index is 10.2. The molecule has 0 radical (unpaired) electrons. The van der Waals surface area contributed by atoms with E-state index < -0.39 is 5.91 Å². The van der Waals surface area contributed by atoms with E-state index in [9.17, 15) is 4.79 Å². The van der Waals surface area contributed by atoms with Gasteiger partial charge in [0.1, 0.15) is 0 Å². The molecule has 0 atom stereocenters. The molecule has 0 saturated carbocycles. The van der Waals surface area contributed by atoms with Gasteiger partial charge in [-0.05, 0) is 12.8 Å². The maximum Gasteiger partial charge on any atom is 0.0487 e. The summed E-state index contributed by atoms with van der Waals surface area (Å²) in [6.45, 7) is 2.21. The summed E-state index contributed by atoms with van der Waals surface area (Å²) in [6.07, 6.45) is 8.94. The average molecular weight is 420 g/mol. The van der Waals surface area contributed by atoms with E-state index in [4.69, 9.17) is 5.73 Å². The van der Waals surface area contributed by atoms with Crippen LogP contribution in [0.4, 0.5) is 0 Å². The van der Waals surface area contributed by atoms with Crippen LogP contribution in [0.25, 0.3) is 5.73 Å². The summed E-state index contributed by atoms with van der Waals surface area (Å²) in [4.78, 5) is 10.2. The predicted octanol–water partition coefficient (Wildman–Crippen LogP) is -2.29. The molecule has 0 bridgehead atoms. The third-order valence-electron chi connectivity index (χ3n) is 2.01. The minimum atomic E-state index is -0.413. The Morgan fingerprint density at radius 2 is 1.33 bits per heavy atom. The zero-order chi connectivity index (χ0) is 9.23. The van der Waals surface area contributed by atoms with Gasteiger partial charge in [0.2, 0.25) is 0 Å². The second-order valence-electron chi connectivity index (χ2n) is 3.29. The zero-order valence-corrected chi connectivity index (χ0v) is 14.4. The molecule has 0 aromatic rings. The SMILES string of the molecule is CCCCCCCCCC([NH-])=O.[Cl-].[Cl-].[Hf]. The zero-order valence-electron chi connectivity index (χ0n) is 9.32. The normalized spacial score (nSPS) is 8.07. The molecule has 1 amide bonds. The Kier molecular flexibility index (Phi) is 33.8. The van der Waals surface area contributed by atoms with E-state index in [1.165, 1.54) is 32.1 Å². The van der Waals surface area contributed by atoms with Gasteiger partial charge >= 0.3 is 0 Å². The molecule has 0 aliphatic rings. The molecule has 15 heavy (non-hydrogen) atoms. The van der Waals surface area contributed by atoms with Crippen molar-refractivity contribution in [2.24, 2.45) is 0 Å². The van der Waals surface area contributed by atoms with Crippen molar-refractivity contribution in [2.45, 2.75) is 58.3 Å². The first-order chi connectivity index (χ1) is 5.77. The molecule has 0 fully saturated rings. The van der Waals surface area contributed by atoms with Gasteiger partial charge in [-0.15, -0.1) is 0 Å². The number of hydrogen-bond donors (Lipinski definition) is 0. The average Bonchev–Trinajstić information content (AvgIpc) is 2.02. The molecule has 0 rings (SSSR count). The van der Waals surface area contributed by atoms with E-state index in [-0.39, 0.29) is 50.7 Å². The summed E-state index contributed by atoms with van der Waals surface area (Å²) in [5, 5.41) is 0. The van der Waals surface area contributed by atoms with Crippen LogP contribution < -0.4 is 24.8 Å². The van der Waals surface area contributed by atoms with Crippen molar-refractivity contribution in [2.75, 3.05) is 0 Å².